The Morgan fingerprint density at radius 2 is 1.97 bits per heavy atom. The summed E-state index contributed by atoms with van der Waals surface area (Å²) in [7, 11) is 0. The molecule has 0 spiro atoms. The van der Waals surface area contributed by atoms with E-state index in [2.05, 4.69) is 21.2 Å². The molecule has 3 rings (SSSR count). The number of carbonyl (C=O) groups excluding carboxylic acids is 3. The number of nitrogens with one attached hydrogen (secondary N) is 1. The molecule has 0 atom stereocenters. The Morgan fingerprint density at radius 3 is 2.69 bits per heavy atom. The molecule has 2 aromatic carbocycles. The summed E-state index contributed by atoms with van der Waals surface area (Å²) in [6.45, 7) is 0.0970. The van der Waals surface area contributed by atoms with E-state index >= 15 is 0 Å². The van der Waals surface area contributed by atoms with Crippen molar-refractivity contribution in [2.24, 2.45) is 0 Å². The van der Waals surface area contributed by atoms with Crippen molar-refractivity contribution >= 4 is 73.8 Å². The summed E-state index contributed by atoms with van der Waals surface area (Å²) < 4.78 is 1.27. The number of hydrogen-bond donors (Lipinski definition) is 1. The van der Waals surface area contributed by atoms with Gasteiger partial charge in [-0.2, -0.15) is 0 Å². The summed E-state index contributed by atoms with van der Waals surface area (Å²) in [5.74, 6) is -2.07. The molecule has 0 saturated carbocycles. The highest BCUT2D eigenvalue weighted by Crippen LogP contribution is 2.33. The summed E-state index contributed by atoms with van der Waals surface area (Å²) in [5, 5.41) is 13.7. The van der Waals surface area contributed by atoms with Crippen LogP contribution in [0, 0.1) is 0 Å². The number of carboxylic acid groups (broad SMARTS) is 1. The fourth-order valence-corrected chi connectivity index (χ4v) is 4.36. The SMILES string of the molecule is O=C(CCN1C(=O)/C(=C\c2cccc(Br)c2)SC1=S)Nc1ccccc1C(=O)[O-]. The van der Waals surface area contributed by atoms with Gasteiger partial charge in [0.25, 0.3) is 5.91 Å². The van der Waals surface area contributed by atoms with Crippen LogP contribution in [0.5, 0.6) is 0 Å². The maximum atomic E-state index is 12.6. The van der Waals surface area contributed by atoms with Crippen molar-refractivity contribution in [2.75, 3.05) is 11.9 Å². The Kier molecular flexibility index (Phi) is 6.83. The van der Waals surface area contributed by atoms with Crippen LogP contribution >= 0.6 is 39.9 Å². The molecule has 0 radical (unpaired) electrons. The highest BCUT2D eigenvalue weighted by Gasteiger charge is 2.32. The summed E-state index contributed by atoms with van der Waals surface area (Å²) in [5.41, 5.74) is 0.900. The van der Waals surface area contributed by atoms with Crippen LogP contribution < -0.4 is 10.4 Å². The van der Waals surface area contributed by atoms with Crippen molar-refractivity contribution < 1.29 is 19.5 Å². The van der Waals surface area contributed by atoms with E-state index in [1.807, 2.05) is 24.3 Å². The lowest BCUT2D eigenvalue weighted by molar-refractivity contribution is -0.254. The van der Waals surface area contributed by atoms with Crippen LogP contribution in [0.15, 0.2) is 57.9 Å². The number of aromatic carboxylic acids is 1. The molecule has 0 aliphatic carbocycles. The van der Waals surface area contributed by atoms with Crippen molar-refractivity contribution in [2.45, 2.75) is 6.42 Å². The fraction of sp³-hybridized carbons (Fsp3) is 0.100. The molecule has 1 aliphatic rings. The number of carboxylic acids is 1. The number of para-hydroxylation sites is 1. The second-order valence-electron chi connectivity index (χ2n) is 6.02. The maximum absolute atomic E-state index is 12.6. The molecule has 148 valence electrons. The summed E-state index contributed by atoms with van der Waals surface area (Å²) in [6, 6.07) is 13.5. The Morgan fingerprint density at radius 1 is 1.21 bits per heavy atom. The lowest BCUT2D eigenvalue weighted by atomic mass is 10.1. The highest BCUT2D eigenvalue weighted by molar-refractivity contribution is 9.10. The van der Waals surface area contributed by atoms with Gasteiger partial charge in [-0.15, -0.1) is 0 Å². The molecule has 1 fully saturated rings. The van der Waals surface area contributed by atoms with Gasteiger partial charge in [0.2, 0.25) is 5.91 Å². The zero-order chi connectivity index (χ0) is 21.0. The molecule has 0 aromatic heterocycles. The average molecular weight is 490 g/mol. The first-order chi connectivity index (χ1) is 13.8. The Balaban J connectivity index is 1.64. The van der Waals surface area contributed by atoms with E-state index in [1.165, 1.54) is 28.8 Å². The molecule has 2 aromatic rings. The van der Waals surface area contributed by atoms with Gasteiger partial charge in [-0.05, 0) is 29.8 Å². The molecule has 9 heteroatoms. The highest BCUT2D eigenvalue weighted by atomic mass is 79.9. The molecule has 0 unspecified atom stereocenters. The van der Waals surface area contributed by atoms with Crippen molar-refractivity contribution in [3.05, 3.63) is 69.0 Å². The predicted molar refractivity (Wildman–Crippen MR) is 118 cm³/mol. The van der Waals surface area contributed by atoms with Gasteiger partial charge < -0.3 is 15.2 Å². The van der Waals surface area contributed by atoms with Crippen LogP contribution in [0.25, 0.3) is 6.08 Å². The van der Waals surface area contributed by atoms with E-state index in [1.54, 1.807) is 18.2 Å². The topological polar surface area (TPSA) is 89.5 Å². The first-order valence-corrected chi connectivity index (χ1v) is 10.5. The smallest absolute Gasteiger partial charge is 0.266 e. The van der Waals surface area contributed by atoms with Gasteiger partial charge in [-0.3, -0.25) is 14.5 Å². The van der Waals surface area contributed by atoms with Crippen LogP contribution in [-0.4, -0.2) is 33.5 Å². The van der Waals surface area contributed by atoms with Crippen molar-refractivity contribution in [3.63, 3.8) is 0 Å². The Labute approximate surface area is 185 Å². The standard InChI is InChI=1S/C20H15BrN2O4S2/c21-13-5-3-4-12(10-13)11-16-18(25)23(20(28)29-16)9-8-17(24)22-15-7-2-1-6-14(15)19(26)27/h1-7,10-11H,8-9H2,(H,22,24)(H,26,27)/p-1/b16-11+. The van der Waals surface area contributed by atoms with Gasteiger partial charge in [-0.1, -0.05) is 70.2 Å². The fourth-order valence-electron chi connectivity index (χ4n) is 2.64. The number of rotatable bonds is 6. The molecule has 0 bridgehead atoms. The van der Waals surface area contributed by atoms with Gasteiger partial charge in [0, 0.05) is 28.7 Å². The Hall–Kier alpha value is -2.49. The van der Waals surface area contributed by atoms with Gasteiger partial charge in [0.1, 0.15) is 4.32 Å². The van der Waals surface area contributed by atoms with E-state index in [4.69, 9.17) is 12.2 Å². The van der Waals surface area contributed by atoms with Crippen molar-refractivity contribution in [1.82, 2.24) is 4.90 Å². The van der Waals surface area contributed by atoms with E-state index in [9.17, 15) is 19.5 Å². The molecule has 29 heavy (non-hydrogen) atoms. The van der Waals surface area contributed by atoms with Crippen LogP contribution in [0.2, 0.25) is 0 Å². The molecule has 2 amide bonds. The molecular weight excluding hydrogens is 476 g/mol. The van der Waals surface area contributed by atoms with E-state index < -0.39 is 11.9 Å². The Bertz CT molecular complexity index is 1040. The monoisotopic (exact) mass is 489 g/mol. The van der Waals surface area contributed by atoms with E-state index in [0.29, 0.717) is 9.23 Å². The van der Waals surface area contributed by atoms with Gasteiger partial charge >= 0.3 is 0 Å². The quantitative estimate of drug-likeness (QED) is 0.495. The first-order valence-electron chi connectivity index (χ1n) is 8.46. The summed E-state index contributed by atoms with van der Waals surface area (Å²) in [4.78, 5) is 37.8. The van der Waals surface area contributed by atoms with E-state index in [-0.39, 0.29) is 30.1 Å². The lowest BCUT2D eigenvalue weighted by Gasteiger charge is -2.15. The third kappa shape index (κ3) is 5.31. The summed E-state index contributed by atoms with van der Waals surface area (Å²) in [6.07, 6.45) is 1.72. The number of amides is 2. The molecule has 6 nitrogen and oxygen atoms in total. The summed E-state index contributed by atoms with van der Waals surface area (Å²) >= 11 is 9.84. The van der Waals surface area contributed by atoms with Crippen LogP contribution in [0.1, 0.15) is 22.3 Å². The van der Waals surface area contributed by atoms with Gasteiger partial charge in [0.15, 0.2) is 0 Å². The van der Waals surface area contributed by atoms with E-state index in [0.717, 1.165) is 10.0 Å². The largest absolute Gasteiger partial charge is 0.545 e. The minimum Gasteiger partial charge on any atom is -0.545 e. The van der Waals surface area contributed by atoms with Crippen LogP contribution in [0.3, 0.4) is 0 Å². The second kappa shape index (κ2) is 9.34. The molecule has 1 saturated heterocycles. The lowest BCUT2D eigenvalue weighted by Crippen LogP contribution is -2.32. The number of nitrogens with zero attached hydrogens (tertiary/aromatic N) is 1. The maximum Gasteiger partial charge on any atom is 0.266 e. The second-order valence-corrected chi connectivity index (χ2v) is 8.61. The zero-order valence-electron chi connectivity index (χ0n) is 14.9. The van der Waals surface area contributed by atoms with Gasteiger partial charge in [0.05, 0.1) is 10.9 Å². The third-order valence-electron chi connectivity index (χ3n) is 4.00. The zero-order valence-corrected chi connectivity index (χ0v) is 18.1. The molecule has 1 heterocycles. The normalized spacial score (nSPS) is 15.1. The first kappa shape index (κ1) is 21.2. The number of anilines is 1. The predicted octanol–water partition coefficient (Wildman–Crippen LogP) is 3.04. The minimum absolute atomic E-state index is 0.0298. The molecule has 1 aliphatic heterocycles. The number of thiocarbonyl (C=S) groups is 1. The minimum atomic E-state index is -1.38. The third-order valence-corrected chi connectivity index (χ3v) is 5.87. The van der Waals surface area contributed by atoms with Crippen LogP contribution in [-0.2, 0) is 9.59 Å². The number of benzene rings is 2. The molecule has 1 N–H and O–H groups in total. The molecular formula is C20H14BrN2O4S2-. The van der Waals surface area contributed by atoms with Crippen molar-refractivity contribution in [1.29, 1.82) is 0 Å². The number of carbonyl (C=O) groups is 3. The number of thioether (sulfide) groups is 1. The van der Waals surface area contributed by atoms with Gasteiger partial charge in [-0.25, -0.2) is 0 Å². The number of halogens is 1. The number of hydrogen-bond acceptors (Lipinski definition) is 6. The van der Waals surface area contributed by atoms with Crippen molar-refractivity contribution in [3.8, 4) is 0 Å². The van der Waals surface area contributed by atoms with Crippen LogP contribution in [0.4, 0.5) is 5.69 Å². The average Bonchev–Trinajstić information content (AvgIpc) is 2.93.